The third kappa shape index (κ3) is 4.24. The second kappa shape index (κ2) is 7.61. The van der Waals surface area contributed by atoms with E-state index in [0.29, 0.717) is 11.1 Å². The summed E-state index contributed by atoms with van der Waals surface area (Å²) in [5.74, 6) is -1.23. The third-order valence-electron chi connectivity index (χ3n) is 4.07. The molecular formula is C19H16N4O4. The van der Waals surface area contributed by atoms with Crippen molar-refractivity contribution in [3.63, 3.8) is 0 Å². The normalized spacial score (nSPS) is 11.7. The van der Waals surface area contributed by atoms with Gasteiger partial charge in [0.2, 0.25) is 5.91 Å². The molecule has 0 radical (unpaired) electrons. The maximum absolute atomic E-state index is 12.5. The fraction of sp³-hybridized carbons (Fsp3) is 0.105. The SMILES string of the molecule is NC(=O)[C@H](Cc1ccc([N+](=O)[O-])cc1)NC(=O)c1ccc2ccccc2n1. The van der Waals surface area contributed by atoms with Gasteiger partial charge in [-0.25, -0.2) is 4.98 Å². The number of rotatable bonds is 6. The molecule has 136 valence electrons. The summed E-state index contributed by atoms with van der Waals surface area (Å²) in [7, 11) is 0. The minimum atomic E-state index is -0.966. The van der Waals surface area contributed by atoms with E-state index in [1.807, 2.05) is 18.2 Å². The van der Waals surface area contributed by atoms with E-state index < -0.39 is 22.8 Å². The molecule has 0 spiro atoms. The average Bonchev–Trinajstić information content (AvgIpc) is 2.67. The van der Waals surface area contributed by atoms with E-state index in [1.54, 1.807) is 18.2 Å². The molecule has 8 heteroatoms. The first-order chi connectivity index (χ1) is 12.9. The summed E-state index contributed by atoms with van der Waals surface area (Å²) in [6, 6.07) is 15.4. The first-order valence-electron chi connectivity index (χ1n) is 8.13. The van der Waals surface area contributed by atoms with Crippen LogP contribution in [0.1, 0.15) is 16.1 Å². The second-order valence-corrected chi connectivity index (χ2v) is 5.95. The van der Waals surface area contributed by atoms with E-state index in [0.717, 1.165) is 5.39 Å². The number of nitro benzene ring substituents is 1. The predicted octanol–water partition coefficient (Wildman–Crippen LogP) is 1.97. The van der Waals surface area contributed by atoms with Gasteiger partial charge in [-0.15, -0.1) is 0 Å². The molecule has 2 aromatic carbocycles. The molecule has 3 aromatic rings. The molecule has 0 saturated carbocycles. The van der Waals surface area contributed by atoms with Crippen LogP contribution in [0, 0.1) is 10.1 Å². The van der Waals surface area contributed by atoms with Crippen molar-refractivity contribution in [1.82, 2.24) is 10.3 Å². The number of aromatic nitrogens is 1. The quantitative estimate of drug-likeness (QED) is 0.510. The summed E-state index contributed by atoms with van der Waals surface area (Å²) >= 11 is 0. The van der Waals surface area contributed by atoms with Crippen LogP contribution in [-0.4, -0.2) is 27.8 Å². The van der Waals surface area contributed by atoms with Crippen LogP contribution in [-0.2, 0) is 11.2 Å². The number of carbonyl (C=O) groups excluding carboxylic acids is 2. The molecule has 1 atom stereocenters. The van der Waals surface area contributed by atoms with Gasteiger partial charge in [0.05, 0.1) is 10.4 Å². The molecule has 0 fully saturated rings. The lowest BCUT2D eigenvalue weighted by Crippen LogP contribution is -2.46. The van der Waals surface area contributed by atoms with E-state index in [-0.39, 0.29) is 17.8 Å². The highest BCUT2D eigenvalue weighted by atomic mass is 16.6. The Labute approximate surface area is 154 Å². The monoisotopic (exact) mass is 364 g/mol. The fourth-order valence-corrected chi connectivity index (χ4v) is 2.64. The topological polar surface area (TPSA) is 128 Å². The molecular weight excluding hydrogens is 348 g/mol. The second-order valence-electron chi connectivity index (χ2n) is 5.95. The van der Waals surface area contributed by atoms with E-state index in [1.165, 1.54) is 24.3 Å². The number of nitrogens with two attached hydrogens (primary N) is 1. The largest absolute Gasteiger partial charge is 0.368 e. The summed E-state index contributed by atoms with van der Waals surface area (Å²) in [6.07, 6.45) is 0.118. The number of benzene rings is 2. The molecule has 3 rings (SSSR count). The van der Waals surface area contributed by atoms with E-state index >= 15 is 0 Å². The van der Waals surface area contributed by atoms with Crippen LogP contribution in [0.5, 0.6) is 0 Å². The van der Waals surface area contributed by atoms with Gasteiger partial charge in [-0.05, 0) is 17.7 Å². The number of fused-ring (bicyclic) bond motifs is 1. The molecule has 0 bridgehead atoms. The summed E-state index contributed by atoms with van der Waals surface area (Å²) in [4.78, 5) is 38.7. The number of para-hydroxylation sites is 1. The number of nitro groups is 1. The Balaban J connectivity index is 1.75. The van der Waals surface area contributed by atoms with Crippen molar-refractivity contribution in [2.45, 2.75) is 12.5 Å². The Morgan fingerprint density at radius 1 is 1.07 bits per heavy atom. The van der Waals surface area contributed by atoms with Crippen molar-refractivity contribution in [3.8, 4) is 0 Å². The van der Waals surface area contributed by atoms with Crippen molar-refractivity contribution in [3.05, 3.63) is 82.0 Å². The lowest BCUT2D eigenvalue weighted by molar-refractivity contribution is -0.384. The molecule has 0 aliphatic rings. The van der Waals surface area contributed by atoms with Gasteiger partial charge < -0.3 is 11.1 Å². The van der Waals surface area contributed by atoms with Gasteiger partial charge >= 0.3 is 0 Å². The van der Waals surface area contributed by atoms with Crippen molar-refractivity contribution >= 4 is 28.4 Å². The Morgan fingerprint density at radius 3 is 2.44 bits per heavy atom. The molecule has 2 amide bonds. The lowest BCUT2D eigenvalue weighted by Gasteiger charge is -2.15. The van der Waals surface area contributed by atoms with E-state index in [2.05, 4.69) is 10.3 Å². The van der Waals surface area contributed by atoms with Crippen molar-refractivity contribution < 1.29 is 14.5 Å². The summed E-state index contributed by atoms with van der Waals surface area (Å²) in [5.41, 5.74) is 6.81. The molecule has 0 saturated heterocycles. The van der Waals surface area contributed by atoms with Gasteiger partial charge in [-0.1, -0.05) is 36.4 Å². The number of non-ortho nitro benzene ring substituents is 1. The number of nitrogens with one attached hydrogen (secondary N) is 1. The first-order valence-corrected chi connectivity index (χ1v) is 8.13. The number of amides is 2. The van der Waals surface area contributed by atoms with Gasteiger partial charge in [-0.3, -0.25) is 19.7 Å². The number of hydrogen-bond acceptors (Lipinski definition) is 5. The molecule has 3 N–H and O–H groups in total. The zero-order valence-electron chi connectivity index (χ0n) is 14.2. The maximum Gasteiger partial charge on any atom is 0.270 e. The number of nitrogens with zero attached hydrogens (tertiary/aromatic N) is 2. The Bertz CT molecular complexity index is 1020. The number of primary amides is 1. The first kappa shape index (κ1) is 18.0. The molecule has 27 heavy (non-hydrogen) atoms. The molecule has 0 unspecified atom stereocenters. The van der Waals surface area contributed by atoms with Crippen LogP contribution in [0.4, 0.5) is 5.69 Å². The highest BCUT2D eigenvalue weighted by Gasteiger charge is 2.20. The number of carbonyl (C=O) groups is 2. The molecule has 0 aliphatic carbocycles. The maximum atomic E-state index is 12.5. The zero-order chi connectivity index (χ0) is 19.4. The van der Waals surface area contributed by atoms with Crippen molar-refractivity contribution in [1.29, 1.82) is 0 Å². The van der Waals surface area contributed by atoms with Gasteiger partial charge in [-0.2, -0.15) is 0 Å². The molecule has 1 aromatic heterocycles. The Morgan fingerprint density at radius 2 is 1.78 bits per heavy atom. The predicted molar refractivity (Wildman–Crippen MR) is 99.0 cm³/mol. The fourth-order valence-electron chi connectivity index (χ4n) is 2.64. The van der Waals surface area contributed by atoms with Crippen molar-refractivity contribution in [2.75, 3.05) is 0 Å². The summed E-state index contributed by atoms with van der Waals surface area (Å²) in [6.45, 7) is 0. The summed E-state index contributed by atoms with van der Waals surface area (Å²) in [5, 5.41) is 14.2. The van der Waals surface area contributed by atoms with Gasteiger partial charge in [0, 0.05) is 23.9 Å². The molecule has 1 heterocycles. The highest BCUT2D eigenvalue weighted by molar-refractivity contribution is 5.97. The molecule has 0 aliphatic heterocycles. The minimum absolute atomic E-state index is 0.0567. The average molecular weight is 364 g/mol. The third-order valence-corrected chi connectivity index (χ3v) is 4.07. The Kier molecular flexibility index (Phi) is 5.07. The number of hydrogen-bond donors (Lipinski definition) is 2. The van der Waals surface area contributed by atoms with Crippen LogP contribution in [0.25, 0.3) is 10.9 Å². The van der Waals surface area contributed by atoms with Gasteiger partial charge in [0.15, 0.2) is 0 Å². The van der Waals surface area contributed by atoms with Crippen LogP contribution in [0.2, 0.25) is 0 Å². The van der Waals surface area contributed by atoms with Crippen LogP contribution in [0.15, 0.2) is 60.7 Å². The van der Waals surface area contributed by atoms with Crippen LogP contribution >= 0.6 is 0 Å². The highest BCUT2D eigenvalue weighted by Crippen LogP contribution is 2.14. The molecule has 8 nitrogen and oxygen atoms in total. The lowest BCUT2D eigenvalue weighted by atomic mass is 10.0. The number of pyridine rings is 1. The van der Waals surface area contributed by atoms with Gasteiger partial charge in [0.25, 0.3) is 11.6 Å². The van der Waals surface area contributed by atoms with Gasteiger partial charge in [0.1, 0.15) is 11.7 Å². The minimum Gasteiger partial charge on any atom is -0.368 e. The van der Waals surface area contributed by atoms with E-state index in [4.69, 9.17) is 5.73 Å². The Hall–Kier alpha value is -3.81. The van der Waals surface area contributed by atoms with Crippen LogP contribution in [0.3, 0.4) is 0 Å². The standard InChI is InChI=1S/C19H16N4O4/c20-18(24)17(11-12-5-8-14(9-6-12)23(26)27)22-19(25)16-10-7-13-3-1-2-4-15(13)21-16/h1-10,17H,11H2,(H2,20,24)(H,22,25)/t17-/m0/s1. The summed E-state index contributed by atoms with van der Waals surface area (Å²) < 4.78 is 0. The smallest absolute Gasteiger partial charge is 0.270 e. The van der Waals surface area contributed by atoms with E-state index in [9.17, 15) is 19.7 Å². The zero-order valence-corrected chi connectivity index (χ0v) is 14.2. The van der Waals surface area contributed by atoms with Crippen molar-refractivity contribution in [2.24, 2.45) is 5.73 Å². The van der Waals surface area contributed by atoms with Crippen LogP contribution < -0.4 is 11.1 Å².